The minimum atomic E-state index is -1.47. The van der Waals surface area contributed by atoms with Crippen LogP contribution >= 0.6 is 0 Å². The van der Waals surface area contributed by atoms with E-state index in [0.717, 1.165) is 4.90 Å². The molecule has 0 saturated carbocycles. The van der Waals surface area contributed by atoms with Gasteiger partial charge in [-0.1, -0.05) is 60.7 Å². The third-order valence-corrected chi connectivity index (χ3v) is 5.11. The summed E-state index contributed by atoms with van der Waals surface area (Å²) in [7, 11) is 0. The van der Waals surface area contributed by atoms with Gasteiger partial charge in [0.25, 0.3) is 5.91 Å². The van der Waals surface area contributed by atoms with Crippen molar-refractivity contribution in [1.82, 2.24) is 10.2 Å². The van der Waals surface area contributed by atoms with Crippen LogP contribution in [0, 0.1) is 0 Å². The highest BCUT2D eigenvalue weighted by Gasteiger charge is 2.54. The minimum Gasteiger partial charge on any atom is -0.457 e. The van der Waals surface area contributed by atoms with E-state index in [1.807, 2.05) is 0 Å². The van der Waals surface area contributed by atoms with Gasteiger partial charge in [0.2, 0.25) is 0 Å². The molecule has 1 aliphatic rings. The number of urea groups is 1. The Hall–Kier alpha value is -3.76. The molecule has 2 aromatic rings. The van der Waals surface area contributed by atoms with Crippen LogP contribution in [0.5, 0.6) is 0 Å². The van der Waals surface area contributed by atoms with Crippen molar-refractivity contribution in [2.75, 3.05) is 19.9 Å². The molecule has 3 amide bonds. The molecule has 1 heterocycles. The Bertz CT molecular complexity index is 953. The highest BCUT2D eigenvalue weighted by molar-refractivity contribution is 6.09. The number of ether oxygens (including phenoxy) is 2. The molecule has 0 atom stereocenters. The first-order valence-corrected chi connectivity index (χ1v) is 10.2. The van der Waals surface area contributed by atoms with E-state index >= 15 is 0 Å². The van der Waals surface area contributed by atoms with Crippen molar-refractivity contribution in [2.45, 2.75) is 24.5 Å². The van der Waals surface area contributed by atoms with Crippen LogP contribution in [0.3, 0.4) is 0 Å². The first-order valence-electron chi connectivity index (χ1n) is 10.2. The second-order valence-electron chi connectivity index (χ2n) is 7.27. The summed E-state index contributed by atoms with van der Waals surface area (Å²) in [4.78, 5) is 50.6. The van der Waals surface area contributed by atoms with Gasteiger partial charge in [0.1, 0.15) is 6.10 Å². The highest BCUT2D eigenvalue weighted by Crippen LogP contribution is 2.35. The number of benzene rings is 2. The molecular weight excluding hydrogens is 432 g/mol. The molecule has 2 aromatic carbocycles. The van der Waals surface area contributed by atoms with Gasteiger partial charge in [0.05, 0.1) is 26.1 Å². The maximum Gasteiger partial charge on any atom is 0.328 e. The summed E-state index contributed by atoms with van der Waals surface area (Å²) in [6.07, 6.45) is -1.79. The number of hydrogen-bond donors (Lipinski definition) is 3. The van der Waals surface area contributed by atoms with E-state index in [9.17, 15) is 19.2 Å². The number of imide groups is 1. The van der Waals surface area contributed by atoms with Crippen molar-refractivity contribution in [3.8, 4) is 0 Å². The van der Waals surface area contributed by atoms with Crippen LogP contribution in [0.4, 0.5) is 4.79 Å². The predicted octanol–water partition coefficient (Wildman–Crippen LogP) is 0.659. The van der Waals surface area contributed by atoms with Crippen LogP contribution in [0.25, 0.3) is 0 Å². The largest absolute Gasteiger partial charge is 0.457 e. The van der Waals surface area contributed by atoms with Crippen molar-refractivity contribution in [3.05, 3.63) is 71.8 Å². The molecule has 10 nitrogen and oxygen atoms in total. The normalized spacial score (nSPS) is 14.8. The number of carbonyl (C=O) groups excluding carboxylic acids is 4. The SMILES string of the molecule is O=C(CCC(=O)OC(CO)CO)OCN1C(=O)NC(c2ccccc2)(c2ccccc2)C1=O. The molecule has 1 fully saturated rings. The number of aliphatic hydroxyl groups excluding tert-OH is 2. The number of nitrogens with zero attached hydrogens (tertiary/aromatic N) is 1. The van der Waals surface area contributed by atoms with Crippen molar-refractivity contribution < 1.29 is 38.9 Å². The smallest absolute Gasteiger partial charge is 0.328 e. The van der Waals surface area contributed by atoms with E-state index in [-0.39, 0.29) is 12.8 Å². The van der Waals surface area contributed by atoms with Crippen molar-refractivity contribution >= 4 is 23.9 Å². The number of rotatable bonds is 10. The van der Waals surface area contributed by atoms with Crippen LogP contribution in [0.2, 0.25) is 0 Å². The van der Waals surface area contributed by atoms with Gasteiger partial charge < -0.3 is 25.0 Å². The maximum atomic E-state index is 13.4. The fraction of sp³-hybridized carbons (Fsp3) is 0.304. The first-order chi connectivity index (χ1) is 15.9. The second-order valence-corrected chi connectivity index (χ2v) is 7.27. The molecule has 0 radical (unpaired) electrons. The molecule has 0 unspecified atom stereocenters. The monoisotopic (exact) mass is 456 g/mol. The summed E-state index contributed by atoms with van der Waals surface area (Å²) in [6.45, 7) is -1.73. The molecule has 0 spiro atoms. The average Bonchev–Trinajstić information content (AvgIpc) is 3.11. The summed E-state index contributed by atoms with van der Waals surface area (Å²) in [5, 5.41) is 20.6. The van der Waals surface area contributed by atoms with Gasteiger partial charge in [-0.15, -0.1) is 0 Å². The van der Waals surface area contributed by atoms with E-state index in [1.54, 1.807) is 60.7 Å². The molecule has 1 aliphatic heterocycles. The lowest BCUT2D eigenvalue weighted by atomic mass is 9.83. The third-order valence-electron chi connectivity index (χ3n) is 5.11. The molecule has 0 bridgehead atoms. The average molecular weight is 456 g/mol. The predicted molar refractivity (Wildman–Crippen MR) is 113 cm³/mol. The van der Waals surface area contributed by atoms with Crippen molar-refractivity contribution in [2.24, 2.45) is 0 Å². The topological polar surface area (TPSA) is 142 Å². The zero-order valence-electron chi connectivity index (χ0n) is 17.7. The number of esters is 2. The molecule has 174 valence electrons. The van der Waals surface area contributed by atoms with Crippen molar-refractivity contribution in [1.29, 1.82) is 0 Å². The van der Waals surface area contributed by atoms with Gasteiger partial charge in [0, 0.05) is 0 Å². The summed E-state index contributed by atoms with van der Waals surface area (Å²) >= 11 is 0. The molecule has 1 saturated heterocycles. The Morgan fingerprint density at radius 2 is 1.39 bits per heavy atom. The lowest BCUT2D eigenvalue weighted by molar-refractivity contribution is -0.158. The molecule has 3 N–H and O–H groups in total. The fourth-order valence-corrected chi connectivity index (χ4v) is 3.42. The number of nitrogens with one attached hydrogen (secondary N) is 1. The van der Waals surface area contributed by atoms with Crippen LogP contribution in [-0.2, 0) is 29.4 Å². The Morgan fingerprint density at radius 1 is 0.879 bits per heavy atom. The first kappa shape index (κ1) is 23.9. The molecular formula is C23H24N2O8. The summed E-state index contributed by atoms with van der Waals surface area (Å²) in [5.74, 6) is -2.23. The van der Waals surface area contributed by atoms with Gasteiger partial charge in [-0.25, -0.2) is 9.69 Å². The van der Waals surface area contributed by atoms with E-state index in [4.69, 9.17) is 19.7 Å². The van der Waals surface area contributed by atoms with Gasteiger partial charge in [-0.2, -0.15) is 0 Å². The number of hydrogen-bond acceptors (Lipinski definition) is 8. The maximum absolute atomic E-state index is 13.4. The Balaban J connectivity index is 1.68. The fourth-order valence-electron chi connectivity index (χ4n) is 3.42. The number of carbonyl (C=O) groups is 4. The highest BCUT2D eigenvalue weighted by atomic mass is 16.6. The van der Waals surface area contributed by atoms with E-state index < -0.39 is 55.5 Å². The lowest BCUT2D eigenvalue weighted by Gasteiger charge is -2.27. The quantitative estimate of drug-likeness (QED) is 0.350. The molecule has 3 rings (SSSR count). The summed E-state index contributed by atoms with van der Waals surface area (Å²) in [6, 6.07) is 16.7. The summed E-state index contributed by atoms with van der Waals surface area (Å²) < 4.78 is 9.80. The van der Waals surface area contributed by atoms with Gasteiger partial charge in [-0.3, -0.25) is 14.4 Å². The minimum absolute atomic E-state index is 0.354. The summed E-state index contributed by atoms with van der Waals surface area (Å²) in [5.41, 5.74) is -0.374. The van der Waals surface area contributed by atoms with Crippen LogP contribution < -0.4 is 5.32 Å². The van der Waals surface area contributed by atoms with Crippen molar-refractivity contribution in [3.63, 3.8) is 0 Å². The Labute approximate surface area is 189 Å². The van der Waals surface area contributed by atoms with Gasteiger partial charge in [-0.05, 0) is 11.1 Å². The zero-order chi connectivity index (χ0) is 23.8. The number of amides is 3. The Morgan fingerprint density at radius 3 is 1.91 bits per heavy atom. The van der Waals surface area contributed by atoms with Crippen LogP contribution in [0.1, 0.15) is 24.0 Å². The van der Waals surface area contributed by atoms with Crippen LogP contribution in [0.15, 0.2) is 60.7 Å². The lowest BCUT2D eigenvalue weighted by Crippen LogP contribution is -2.45. The van der Waals surface area contributed by atoms with Gasteiger partial charge >= 0.3 is 18.0 Å². The standard InChI is InChI=1S/C23H24N2O8/c26-13-18(14-27)33-20(29)12-11-19(28)32-15-25-21(30)23(24-22(25)31,16-7-3-1-4-8-16)17-9-5-2-6-10-17/h1-10,18,26-27H,11-15H2,(H,24,31). The van der Waals surface area contributed by atoms with E-state index in [2.05, 4.69) is 5.32 Å². The molecule has 0 aromatic heterocycles. The zero-order valence-corrected chi connectivity index (χ0v) is 17.7. The Kier molecular flexibility index (Phi) is 7.75. The van der Waals surface area contributed by atoms with E-state index in [0.29, 0.717) is 11.1 Å². The van der Waals surface area contributed by atoms with Gasteiger partial charge in [0.15, 0.2) is 12.3 Å². The molecule has 10 heteroatoms. The second kappa shape index (κ2) is 10.7. The molecule has 0 aliphatic carbocycles. The third kappa shape index (κ3) is 5.18. The molecule has 33 heavy (non-hydrogen) atoms. The number of aliphatic hydroxyl groups is 2. The van der Waals surface area contributed by atoms with E-state index in [1.165, 1.54) is 0 Å². The van der Waals surface area contributed by atoms with Crippen LogP contribution in [-0.4, -0.2) is 65.0 Å².